The number of carbonyl (C=O) groups excluding carboxylic acids is 1. The van der Waals surface area contributed by atoms with E-state index in [4.69, 9.17) is 21.2 Å². The predicted molar refractivity (Wildman–Crippen MR) is 150 cm³/mol. The van der Waals surface area contributed by atoms with E-state index in [-0.39, 0.29) is 32.3 Å². The summed E-state index contributed by atoms with van der Waals surface area (Å²) in [7, 11) is 0. The molecule has 0 radical (unpaired) electrons. The molecule has 0 bridgehead atoms. The van der Waals surface area contributed by atoms with Crippen molar-refractivity contribution in [2.75, 3.05) is 6.61 Å². The third-order valence-electron chi connectivity index (χ3n) is 6.71. The molecule has 4 rings (SSSR count). The molecular formula is C31H32ClNO6. The molecule has 0 spiro atoms. The van der Waals surface area contributed by atoms with E-state index in [1.54, 1.807) is 18.2 Å². The number of aliphatic hydroxyl groups excluding tert-OH is 1. The van der Waals surface area contributed by atoms with Gasteiger partial charge in [-0.3, -0.25) is 14.4 Å². The molecule has 3 N–H and O–H groups in total. The summed E-state index contributed by atoms with van der Waals surface area (Å²) in [5, 5.41) is 21.0. The van der Waals surface area contributed by atoms with Crippen LogP contribution < -0.4 is 5.48 Å². The van der Waals surface area contributed by atoms with Gasteiger partial charge in [0.25, 0.3) is 0 Å². The van der Waals surface area contributed by atoms with Gasteiger partial charge in [0.15, 0.2) is 0 Å². The van der Waals surface area contributed by atoms with Crippen LogP contribution in [0.4, 0.5) is 0 Å². The van der Waals surface area contributed by atoms with E-state index in [1.807, 2.05) is 72.8 Å². The normalized spacial score (nSPS) is 21.1. The molecule has 3 aromatic carbocycles. The van der Waals surface area contributed by atoms with Gasteiger partial charge in [0.1, 0.15) is 11.6 Å². The number of hydrogen-bond acceptors (Lipinski definition) is 6. The Labute approximate surface area is 233 Å². The fraction of sp³-hybridized carbons (Fsp3) is 0.290. The summed E-state index contributed by atoms with van der Waals surface area (Å²) in [5.74, 6) is -1.62. The number of nitrogens with one attached hydrogen (secondary N) is 1. The maximum Gasteiger partial charge on any atom is 0.326 e. The van der Waals surface area contributed by atoms with Crippen LogP contribution in [0.2, 0.25) is 5.02 Å². The van der Waals surface area contributed by atoms with Crippen LogP contribution in [0.3, 0.4) is 0 Å². The van der Waals surface area contributed by atoms with Crippen LogP contribution in [0.5, 0.6) is 0 Å². The highest BCUT2D eigenvalue weighted by molar-refractivity contribution is 6.30. The van der Waals surface area contributed by atoms with Gasteiger partial charge in [-0.1, -0.05) is 90.5 Å². The first-order chi connectivity index (χ1) is 18.8. The monoisotopic (exact) mass is 549 g/mol. The molecule has 1 aliphatic carbocycles. The number of rotatable bonds is 11. The van der Waals surface area contributed by atoms with Gasteiger partial charge >= 0.3 is 11.9 Å². The van der Waals surface area contributed by atoms with Crippen molar-refractivity contribution in [2.24, 2.45) is 0 Å². The van der Waals surface area contributed by atoms with E-state index in [9.17, 15) is 19.8 Å². The molecule has 8 heteroatoms. The largest absolute Gasteiger partial charge is 0.480 e. The minimum absolute atomic E-state index is 0.0161. The minimum atomic E-state index is -1.58. The van der Waals surface area contributed by atoms with Gasteiger partial charge < -0.3 is 14.9 Å². The van der Waals surface area contributed by atoms with Crippen LogP contribution in [-0.2, 0) is 25.6 Å². The van der Waals surface area contributed by atoms with Crippen molar-refractivity contribution in [3.63, 3.8) is 0 Å². The fourth-order valence-corrected chi connectivity index (χ4v) is 4.83. The van der Waals surface area contributed by atoms with Crippen molar-refractivity contribution in [2.45, 2.75) is 49.9 Å². The Bertz CT molecular complexity index is 1260. The highest BCUT2D eigenvalue weighted by atomic mass is 35.5. The lowest BCUT2D eigenvalue weighted by molar-refractivity contribution is -0.171. The average molecular weight is 550 g/mol. The van der Waals surface area contributed by atoms with Gasteiger partial charge in [0.2, 0.25) is 0 Å². The zero-order valence-electron chi connectivity index (χ0n) is 21.5. The third-order valence-corrected chi connectivity index (χ3v) is 6.96. The standard InChI is InChI=1S/C31H32ClNO6/c32-26-15-10-22(11-16-26)5-4-18-38-33-31(30(36)37)20-27(34)19-28(21-31)39-29(35)17-12-23-8-13-25(14-9-23)24-6-2-1-3-7-24/h1-11,13-16,27-28,33-34H,12,17-21H2,(H,36,37)/b5-4-/t27-,28-,31-/m0/s1. The van der Waals surface area contributed by atoms with Gasteiger partial charge in [-0.25, -0.2) is 0 Å². The zero-order valence-corrected chi connectivity index (χ0v) is 22.2. The Balaban J connectivity index is 1.27. The predicted octanol–water partition coefficient (Wildman–Crippen LogP) is 5.45. The Kier molecular flexibility index (Phi) is 9.90. The van der Waals surface area contributed by atoms with E-state index in [0.717, 1.165) is 22.3 Å². The first kappa shape index (κ1) is 28.5. The number of hydrogen-bond donors (Lipinski definition) is 3. The summed E-state index contributed by atoms with van der Waals surface area (Å²) >= 11 is 5.89. The van der Waals surface area contributed by atoms with Crippen LogP contribution in [0.25, 0.3) is 17.2 Å². The van der Waals surface area contributed by atoms with Crippen molar-refractivity contribution in [3.8, 4) is 11.1 Å². The zero-order chi connectivity index (χ0) is 27.7. The van der Waals surface area contributed by atoms with Crippen LogP contribution in [0.15, 0.2) is 84.9 Å². The molecule has 39 heavy (non-hydrogen) atoms. The van der Waals surface area contributed by atoms with Crippen LogP contribution in [0.1, 0.15) is 36.8 Å². The van der Waals surface area contributed by atoms with Crippen molar-refractivity contribution in [3.05, 3.63) is 101 Å². The van der Waals surface area contributed by atoms with Crippen molar-refractivity contribution in [1.29, 1.82) is 0 Å². The second kappa shape index (κ2) is 13.5. The quantitative estimate of drug-likeness (QED) is 0.166. The van der Waals surface area contributed by atoms with Gasteiger partial charge in [0.05, 0.1) is 12.7 Å². The van der Waals surface area contributed by atoms with Crippen molar-refractivity contribution < 1.29 is 29.4 Å². The van der Waals surface area contributed by atoms with Gasteiger partial charge in [0, 0.05) is 30.7 Å². The Morgan fingerprint density at radius 2 is 1.67 bits per heavy atom. The lowest BCUT2D eigenvalue weighted by Crippen LogP contribution is -2.59. The number of ether oxygens (including phenoxy) is 1. The van der Waals surface area contributed by atoms with Gasteiger partial charge in [-0.15, -0.1) is 0 Å². The van der Waals surface area contributed by atoms with E-state index in [2.05, 4.69) is 5.48 Å². The molecule has 0 heterocycles. The van der Waals surface area contributed by atoms with Crippen LogP contribution >= 0.6 is 11.6 Å². The summed E-state index contributed by atoms with van der Waals surface area (Å²) in [4.78, 5) is 30.2. The number of aryl methyl sites for hydroxylation is 1. The topological polar surface area (TPSA) is 105 Å². The molecule has 204 valence electrons. The summed E-state index contributed by atoms with van der Waals surface area (Å²) < 4.78 is 5.59. The highest BCUT2D eigenvalue weighted by Gasteiger charge is 2.48. The molecule has 3 aromatic rings. The molecule has 0 unspecified atom stereocenters. The lowest BCUT2D eigenvalue weighted by atomic mass is 9.79. The average Bonchev–Trinajstić information content (AvgIpc) is 2.93. The maximum absolute atomic E-state index is 12.6. The van der Waals surface area contributed by atoms with Crippen molar-refractivity contribution >= 4 is 29.6 Å². The number of esters is 1. The Hall–Kier alpha value is -3.49. The SMILES string of the molecule is O=C(CCc1ccc(-c2ccccc2)cc1)O[C@H]1C[C@H](O)C[C@@](NOC/C=C\c2ccc(Cl)cc2)(C(=O)O)C1. The smallest absolute Gasteiger partial charge is 0.326 e. The van der Waals surface area contributed by atoms with E-state index < -0.39 is 29.7 Å². The molecule has 0 saturated heterocycles. The second-order valence-corrected chi connectivity index (χ2v) is 10.2. The molecule has 1 fully saturated rings. The fourth-order valence-electron chi connectivity index (χ4n) is 4.71. The number of carboxylic acid groups (broad SMARTS) is 1. The van der Waals surface area contributed by atoms with Crippen LogP contribution in [-0.4, -0.2) is 46.5 Å². The second-order valence-electron chi connectivity index (χ2n) is 9.73. The molecule has 0 aliphatic heterocycles. The van der Waals surface area contributed by atoms with Gasteiger partial charge in [-0.2, -0.15) is 5.48 Å². The van der Waals surface area contributed by atoms with Gasteiger partial charge in [-0.05, 0) is 40.8 Å². The van der Waals surface area contributed by atoms with E-state index in [0.29, 0.717) is 11.4 Å². The molecule has 7 nitrogen and oxygen atoms in total. The number of aliphatic hydroxyl groups is 1. The molecule has 3 atom stereocenters. The number of aliphatic carboxylic acids is 1. The Morgan fingerprint density at radius 1 is 0.974 bits per heavy atom. The number of hydroxylamine groups is 1. The lowest BCUT2D eigenvalue weighted by Gasteiger charge is -2.39. The first-order valence-corrected chi connectivity index (χ1v) is 13.3. The first-order valence-electron chi connectivity index (χ1n) is 12.9. The highest BCUT2D eigenvalue weighted by Crippen LogP contribution is 2.31. The molecule has 0 amide bonds. The van der Waals surface area contributed by atoms with Crippen LogP contribution in [0, 0.1) is 0 Å². The van der Waals surface area contributed by atoms with Crippen molar-refractivity contribution in [1.82, 2.24) is 5.48 Å². The molecule has 0 aromatic heterocycles. The summed E-state index contributed by atoms with van der Waals surface area (Å²) in [6.45, 7) is 0.0985. The van der Waals surface area contributed by atoms with E-state index in [1.165, 1.54) is 0 Å². The maximum atomic E-state index is 12.6. The number of carboxylic acids is 1. The van der Waals surface area contributed by atoms with E-state index >= 15 is 0 Å². The number of benzene rings is 3. The summed E-state index contributed by atoms with van der Waals surface area (Å²) in [6, 6.07) is 25.3. The summed E-state index contributed by atoms with van der Waals surface area (Å²) in [5.41, 5.74) is 5.17. The minimum Gasteiger partial charge on any atom is -0.480 e. The third kappa shape index (κ3) is 8.25. The molecule has 1 aliphatic rings. The molecule has 1 saturated carbocycles. The Morgan fingerprint density at radius 3 is 2.36 bits per heavy atom. The molecular weight excluding hydrogens is 518 g/mol. The number of halogens is 1. The summed E-state index contributed by atoms with van der Waals surface area (Å²) in [6.07, 6.45) is 2.58. The number of carbonyl (C=O) groups is 2.